The normalized spacial score (nSPS) is 16.2. The van der Waals surface area contributed by atoms with Gasteiger partial charge in [-0.25, -0.2) is 14.1 Å². The molecule has 2 atom stereocenters. The summed E-state index contributed by atoms with van der Waals surface area (Å²) < 4.78 is 38.2. The van der Waals surface area contributed by atoms with Gasteiger partial charge in [0.1, 0.15) is 24.2 Å². The van der Waals surface area contributed by atoms with Crippen molar-refractivity contribution >= 4 is 109 Å². The average Bonchev–Trinajstić information content (AvgIpc) is 3.43. The van der Waals surface area contributed by atoms with Gasteiger partial charge in [0.25, 0.3) is 17.5 Å². The number of esters is 1. The number of aromatic nitrogens is 1. The molecule has 0 radical (unpaired) electrons. The monoisotopic (exact) mass is 727 g/mol. The number of non-ortho nitro benzene ring substituents is 1. The number of nitro groups is 1. The van der Waals surface area contributed by atoms with Gasteiger partial charge < -0.3 is 25.5 Å². The fraction of sp³-hybridized carbons (Fsp3) is 0.375. The van der Waals surface area contributed by atoms with Crippen LogP contribution in [-0.4, -0.2) is 122 Å². The standard InChI is InChI=1S/C24H26ClN7O12S2.Na.H/c1-12(33)26-9-16-19(21(36)31(16)46(40,41)42)29-20(35)18(15-11-45-23(27-15)28-17(34)8-25)30-44-24(2,3)22(37)43-10-13-4-6-14(7-5-13)32(38)39;;/h4-7,11,16,19H,8-10H2,1-3H3,(H,26,33)(H,29,35)(H,27,28,34)(H,40,41,42);;/b30-18-;;. The van der Waals surface area contributed by atoms with E-state index in [0.29, 0.717) is 5.56 Å². The van der Waals surface area contributed by atoms with E-state index in [1.807, 2.05) is 0 Å². The van der Waals surface area contributed by atoms with Gasteiger partial charge in [0.2, 0.25) is 17.4 Å². The number of nitro benzene ring substituents is 1. The van der Waals surface area contributed by atoms with E-state index in [2.05, 4.69) is 26.1 Å². The summed E-state index contributed by atoms with van der Waals surface area (Å²) in [5, 5.41) is 22.8. The molecule has 0 bridgehead atoms. The van der Waals surface area contributed by atoms with Crippen molar-refractivity contribution in [3.63, 3.8) is 0 Å². The number of β-lactam (4-membered cyclic amide) rings is 1. The van der Waals surface area contributed by atoms with Crippen LogP contribution in [-0.2, 0) is 50.5 Å². The van der Waals surface area contributed by atoms with Crippen molar-refractivity contribution in [2.45, 2.75) is 45.1 Å². The van der Waals surface area contributed by atoms with E-state index in [9.17, 15) is 47.1 Å². The average molecular weight is 728 g/mol. The number of nitrogens with zero attached hydrogens (tertiary/aromatic N) is 4. The number of carbonyl (C=O) groups excluding carboxylic acids is 5. The molecule has 2 aromatic rings. The Kier molecular flexibility index (Phi) is 13.8. The van der Waals surface area contributed by atoms with Crippen LogP contribution in [0.3, 0.4) is 0 Å². The van der Waals surface area contributed by atoms with Crippen LogP contribution in [0.2, 0.25) is 0 Å². The number of anilines is 1. The molecule has 3 rings (SSSR count). The maximum atomic E-state index is 13.4. The molecule has 4 N–H and O–H groups in total. The Hall–Kier alpha value is -3.73. The molecule has 47 heavy (non-hydrogen) atoms. The van der Waals surface area contributed by atoms with Gasteiger partial charge >= 0.3 is 45.8 Å². The molecule has 0 aliphatic carbocycles. The summed E-state index contributed by atoms with van der Waals surface area (Å²) in [4.78, 5) is 81.5. The summed E-state index contributed by atoms with van der Waals surface area (Å²) in [5.41, 5.74) is -2.43. The predicted octanol–water partition coefficient (Wildman–Crippen LogP) is -0.543. The number of ether oxygens (including phenoxy) is 1. The number of thiazole rings is 1. The SMILES string of the molecule is CC(=O)NCC1C(NC(=O)/C(=N\OC(C)(C)C(=O)OCc2ccc([N+](=O)[O-])cc2)c2csc(NC(=O)CCl)n2)C(=O)N1S(=O)(=O)O.[NaH]. The van der Waals surface area contributed by atoms with Crippen molar-refractivity contribution in [2.24, 2.45) is 5.16 Å². The Morgan fingerprint density at radius 2 is 1.87 bits per heavy atom. The Bertz CT molecular complexity index is 1680. The number of oxime groups is 1. The molecule has 4 amide bonds. The summed E-state index contributed by atoms with van der Waals surface area (Å²) in [7, 11) is -5.05. The van der Waals surface area contributed by atoms with E-state index in [0.717, 1.165) is 18.3 Å². The van der Waals surface area contributed by atoms with Gasteiger partial charge in [0, 0.05) is 31.0 Å². The van der Waals surface area contributed by atoms with Gasteiger partial charge in [-0.05, 0) is 31.5 Å². The molecule has 1 aromatic heterocycles. The van der Waals surface area contributed by atoms with Crippen molar-refractivity contribution in [3.05, 3.63) is 51.0 Å². The maximum absolute atomic E-state index is 13.4. The zero-order valence-electron chi connectivity index (χ0n) is 24.1. The molecule has 1 fully saturated rings. The van der Waals surface area contributed by atoms with Crippen molar-refractivity contribution < 1.29 is 51.4 Å². The van der Waals surface area contributed by atoms with Gasteiger partial charge in [0.05, 0.1) is 11.0 Å². The van der Waals surface area contributed by atoms with Crippen LogP contribution >= 0.6 is 22.9 Å². The number of halogens is 1. The predicted molar refractivity (Wildman–Crippen MR) is 166 cm³/mol. The third-order valence-electron chi connectivity index (χ3n) is 5.97. The molecule has 0 saturated carbocycles. The topological polar surface area (TPSA) is 266 Å². The van der Waals surface area contributed by atoms with Crippen LogP contribution in [0.15, 0.2) is 34.8 Å². The number of alkyl halides is 1. The third-order valence-corrected chi connectivity index (χ3v) is 7.92. The first-order valence-electron chi connectivity index (χ1n) is 12.8. The summed E-state index contributed by atoms with van der Waals surface area (Å²) in [6.07, 6.45) is 0. The third kappa shape index (κ3) is 10.4. The van der Waals surface area contributed by atoms with Crippen molar-refractivity contribution in [1.82, 2.24) is 19.9 Å². The second-order valence-corrected chi connectivity index (χ2v) is 12.2. The number of benzene rings is 1. The van der Waals surface area contributed by atoms with Crippen molar-refractivity contribution in [1.29, 1.82) is 0 Å². The number of nitrogens with one attached hydrogen (secondary N) is 3. The van der Waals surface area contributed by atoms with Crippen LogP contribution in [0.5, 0.6) is 0 Å². The summed E-state index contributed by atoms with van der Waals surface area (Å²) in [6, 6.07) is 2.22. The van der Waals surface area contributed by atoms with Crippen LogP contribution in [0, 0.1) is 10.1 Å². The fourth-order valence-corrected chi connectivity index (χ4v) is 5.31. The molecule has 0 spiro atoms. The Morgan fingerprint density at radius 1 is 1.23 bits per heavy atom. The first-order chi connectivity index (χ1) is 21.4. The number of hydrogen-bond donors (Lipinski definition) is 4. The zero-order valence-corrected chi connectivity index (χ0v) is 26.5. The summed E-state index contributed by atoms with van der Waals surface area (Å²) in [6.45, 7) is 2.86. The number of amides is 4. The van der Waals surface area contributed by atoms with Gasteiger partial charge in [-0.3, -0.25) is 33.8 Å². The van der Waals surface area contributed by atoms with Crippen molar-refractivity contribution in [3.8, 4) is 0 Å². The van der Waals surface area contributed by atoms with E-state index in [1.54, 1.807) is 0 Å². The van der Waals surface area contributed by atoms with Crippen LogP contribution in [0.25, 0.3) is 0 Å². The molecule has 23 heteroatoms. The number of hydrogen-bond acceptors (Lipinski definition) is 14. The molecule has 1 aromatic carbocycles. The quantitative estimate of drug-likeness (QED) is 0.0279. The summed E-state index contributed by atoms with van der Waals surface area (Å²) >= 11 is 6.35. The van der Waals surface area contributed by atoms with Gasteiger partial charge in [0.15, 0.2) is 10.8 Å². The molecule has 250 valence electrons. The molecule has 2 unspecified atom stereocenters. The van der Waals surface area contributed by atoms with Gasteiger partial charge in [-0.15, -0.1) is 22.9 Å². The molecule has 1 aliphatic heterocycles. The Balaban J connectivity index is 0.00000768. The van der Waals surface area contributed by atoms with E-state index >= 15 is 0 Å². The molecule has 1 aliphatic rings. The minimum atomic E-state index is -5.05. The Labute approximate surface area is 297 Å². The second-order valence-electron chi connectivity index (χ2n) is 9.83. The molecular weight excluding hydrogens is 701 g/mol. The van der Waals surface area contributed by atoms with Gasteiger partial charge in [-0.1, -0.05) is 5.16 Å². The first kappa shape index (κ1) is 39.4. The van der Waals surface area contributed by atoms with E-state index < -0.39 is 80.6 Å². The van der Waals surface area contributed by atoms with E-state index in [-0.39, 0.29) is 57.0 Å². The first-order valence-corrected chi connectivity index (χ1v) is 15.6. The summed E-state index contributed by atoms with van der Waals surface area (Å²) in [5.74, 6) is -4.96. The minimum absolute atomic E-state index is 0. The fourth-order valence-electron chi connectivity index (χ4n) is 3.65. The zero-order chi connectivity index (χ0) is 34.4. The molecular formula is C24H27ClN7NaO12S2. The number of carbonyl (C=O) groups is 5. The number of rotatable bonds is 14. The molecule has 19 nitrogen and oxygen atoms in total. The van der Waals surface area contributed by atoms with Crippen LogP contribution in [0.4, 0.5) is 10.8 Å². The second kappa shape index (κ2) is 16.4. The van der Waals surface area contributed by atoms with Gasteiger partial charge in [-0.2, -0.15) is 8.42 Å². The molecule has 1 saturated heterocycles. The van der Waals surface area contributed by atoms with Crippen molar-refractivity contribution in [2.75, 3.05) is 17.7 Å². The Morgan fingerprint density at radius 3 is 2.43 bits per heavy atom. The molecule has 2 heterocycles. The van der Waals surface area contributed by atoms with Crippen LogP contribution < -0.4 is 16.0 Å². The van der Waals surface area contributed by atoms with E-state index in [1.165, 1.54) is 43.5 Å². The van der Waals surface area contributed by atoms with E-state index in [4.69, 9.17) is 21.2 Å². The van der Waals surface area contributed by atoms with Crippen LogP contribution in [0.1, 0.15) is 32.0 Å².